The van der Waals surface area contributed by atoms with E-state index in [2.05, 4.69) is 16.5 Å². The predicted octanol–water partition coefficient (Wildman–Crippen LogP) is -1.19. The van der Waals surface area contributed by atoms with Gasteiger partial charge in [-0.15, -0.1) is 0 Å². The topological polar surface area (TPSA) is 38.3 Å². The zero-order valence-electron chi connectivity index (χ0n) is 5.02. The van der Waals surface area contributed by atoms with Crippen molar-refractivity contribution in [2.75, 3.05) is 7.11 Å². The molecular formula is C4H8BNO2. The molecule has 0 bridgehead atoms. The van der Waals surface area contributed by atoms with Crippen molar-refractivity contribution >= 4 is 14.0 Å². The zero-order chi connectivity index (χ0) is 6.57. The molecule has 0 aromatic carbocycles. The number of nitrogens with one attached hydrogen (secondary N) is 1. The lowest BCUT2D eigenvalue weighted by Gasteiger charge is -1.99. The van der Waals surface area contributed by atoms with E-state index in [0.717, 1.165) is 0 Å². The number of hydrogen-bond acceptors (Lipinski definition) is 3. The first-order valence-electron chi connectivity index (χ1n) is 2.17. The van der Waals surface area contributed by atoms with Crippen LogP contribution in [-0.4, -0.2) is 21.1 Å². The minimum Gasteiger partial charge on any atom is -0.464 e. The smallest absolute Gasteiger partial charge is 0.352 e. The molecule has 0 fully saturated rings. The molecule has 0 amide bonds. The number of esters is 1. The third kappa shape index (κ3) is 1.68. The average molecular weight is 113 g/mol. The lowest BCUT2D eigenvalue weighted by atomic mass is 10.3. The van der Waals surface area contributed by atoms with Crippen LogP contribution < -0.4 is 5.23 Å². The molecule has 0 atom stereocenters. The third-order valence-electron chi connectivity index (χ3n) is 0.734. The van der Waals surface area contributed by atoms with Crippen molar-refractivity contribution in [2.24, 2.45) is 0 Å². The highest BCUT2D eigenvalue weighted by Gasteiger charge is 2.00. The molecule has 44 valence electrons. The summed E-state index contributed by atoms with van der Waals surface area (Å²) in [5, 5.41) is 2.55. The van der Waals surface area contributed by atoms with Gasteiger partial charge in [0.1, 0.15) is 5.70 Å². The van der Waals surface area contributed by atoms with Crippen molar-refractivity contribution in [3.05, 3.63) is 12.3 Å². The summed E-state index contributed by atoms with van der Waals surface area (Å²) in [5.74, 6) is -0.424. The van der Waals surface area contributed by atoms with E-state index < -0.39 is 5.97 Å². The summed E-state index contributed by atoms with van der Waals surface area (Å²) in [4.78, 5) is 10.4. The highest BCUT2D eigenvalue weighted by Crippen LogP contribution is 1.82. The molecule has 4 heteroatoms. The van der Waals surface area contributed by atoms with Crippen LogP contribution in [0, 0.1) is 0 Å². The van der Waals surface area contributed by atoms with Gasteiger partial charge in [0.2, 0.25) is 7.98 Å². The van der Waals surface area contributed by atoms with Gasteiger partial charge < -0.3 is 9.96 Å². The van der Waals surface area contributed by atoms with Crippen LogP contribution >= 0.6 is 0 Å². The largest absolute Gasteiger partial charge is 0.464 e. The van der Waals surface area contributed by atoms with Crippen LogP contribution in [-0.2, 0) is 9.53 Å². The molecule has 0 aliphatic rings. The Kier molecular flexibility index (Phi) is 2.76. The Morgan fingerprint density at radius 1 is 1.88 bits per heavy atom. The summed E-state index contributed by atoms with van der Waals surface area (Å²) in [6.45, 7) is 3.36. The van der Waals surface area contributed by atoms with Gasteiger partial charge in [-0.05, 0) is 0 Å². The van der Waals surface area contributed by atoms with Crippen molar-refractivity contribution in [3.8, 4) is 0 Å². The lowest BCUT2D eigenvalue weighted by Crippen LogP contribution is -2.17. The van der Waals surface area contributed by atoms with Crippen LogP contribution in [0.1, 0.15) is 0 Å². The molecule has 0 unspecified atom stereocenters. The quantitative estimate of drug-likeness (QED) is 0.278. The number of methoxy groups -OCH3 is 1. The normalized spacial score (nSPS) is 7.62. The molecule has 0 aromatic rings. The number of rotatable bonds is 2. The molecule has 0 aliphatic carbocycles. The standard InChI is InChI=1S/C4H8BNO2/c1-3(6-5)4(7)8-2/h6H,1,5H2,2H3. The van der Waals surface area contributed by atoms with Gasteiger partial charge in [-0.25, -0.2) is 4.79 Å². The first kappa shape index (κ1) is 7.07. The Morgan fingerprint density at radius 2 is 2.38 bits per heavy atom. The Morgan fingerprint density at radius 3 is 2.50 bits per heavy atom. The van der Waals surface area contributed by atoms with E-state index in [-0.39, 0.29) is 5.70 Å². The third-order valence-corrected chi connectivity index (χ3v) is 0.734. The molecule has 0 rings (SSSR count). The summed E-state index contributed by atoms with van der Waals surface area (Å²) >= 11 is 0. The van der Waals surface area contributed by atoms with E-state index in [4.69, 9.17) is 0 Å². The molecule has 0 spiro atoms. The van der Waals surface area contributed by atoms with E-state index in [9.17, 15) is 4.79 Å². The SMILES string of the molecule is BNC(=C)C(=O)OC. The number of carbonyl (C=O) groups excluding carboxylic acids is 1. The minimum absolute atomic E-state index is 0.271. The minimum atomic E-state index is -0.424. The van der Waals surface area contributed by atoms with E-state index in [1.54, 1.807) is 7.98 Å². The second kappa shape index (κ2) is 3.13. The number of hydrogen-bond donors (Lipinski definition) is 1. The Labute approximate surface area is 49.1 Å². The molecule has 0 aromatic heterocycles. The fraction of sp³-hybridized carbons (Fsp3) is 0.250. The summed E-state index contributed by atoms with van der Waals surface area (Å²) in [6.07, 6.45) is 0. The molecule has 0 saturated heterocycles. The maximum Gasteiger partial charge on any atom is 0.352 e. The number of carbonyl (C=O) groups is 1. The van der Waals surface area contributed by atoms with E-state index in [0.29, 0.717) is 0 Å². The maximum absolute atomic E-state index is 10.4. The van der Waals surface area contributed by atoms with Gasteiger partial charge in [-0.3, -0.25) is 0 Å². The van der Waals surface area contributed by atoms with Gasteiger partial charge >= 0.3 is 5.97 Å². The van der Waals surface area contributed by atoms with Gasteiger partial charge in [0.05, 0.1) is 7.11 Å². The summed E-state index contributed by atoms with van der Waals surface area (Å²) in [7, 11) is 2.92. The second-order valence-corrected chi connectivity index (χ2v) is 1.22. The van der Waals surface area contributed by atoms with Crippen LogP contribution in [0.15, 0.2) is 12.3 Å². The monoisotopic (exact) mass is 113 g/mol. The Balaban J connectivity index is 3.64. The van der Waals surface area contributed by atoms with Gasteiger partial charge in [0, 0.05) is 0 Å². The molecular weight excluding hydrogens is 105 g/mol. The Bertz CT molecular complexity index is 98.6. The fourth-order valence-electron chi connectivity index (χ4n) is 0.225. The van der Waals surface area contributed by atoms with Gasteiger partial charge in [0.25, 0.3) is 0 Å². The highest BCUT2D eigenvalue weighted by molar-refractivity contribution is 6.09. The fourth-order valence-corrected chi connectivity index (χ4v) is 0.225. The van der Waals surface area contributed by atoms with Gasteiger partial charge in [0.15, 0.2) is 0 Å². The van der Waals surface area contributed by atoms with E-state index >= 15 is 0 Å². The van der Waals surface area contributed by atoms with Crippen LogP contribution in [0.5, 0.6) is 0 Å². The zero-order valence-corrected chi connectivity index (χ0v) is 5.02. The van der Waals surface area contributed by atoms with Crippen molar-refractivity contribution in [3.63, 3.8) is 0 Å². The van der Waals surface area contributed by atoms with Gasteiger partial charge in [-0.2, -0.15) is 0 Å². The first-order chi connectivity index (χ1) is 3.72. The van der Waals surface area contributed by atoms with Crippen molar-refractivity contribution in [1.82, 2.24) is 5.23 Å². The molecule has 1 N–H and O–H groups in total. The molecule has 0 heterocycles. The number of ether oxygens (including phenoxy) is 1. The second-order valence-electron chi connectivity index (χ2n) is 1.22. The molecule has 0 aliphatic heterocycles. The van der Waals surface area contributed by atoms with Crippen LogP contribution in [0.2, 0.25) is 0 Å². The average Bonchev–Trinajstić information content (AvgIpc) is 1.84. The maximum atomic E-state index is 10.4. The van der Waals surface area contributed by atoms with E-state index in [1.807, 2.05) is 0 Å². The summed E-state index contributed by atoms with van der Waals surface area (Å²) in [5.41, 5.74) is 0.271. The van der Waals surface area contributed by atoms with Crippen LogP contribution in [0.25, 0.3) is 0 Å². The predicted molar refractivity (Wildman–Crippen MR) is 32.8 cm³/mol. The summed E-state index contributed by atoms with van der Waals surface area (Å²) in [6, 6.07) is 0. The van der Waals surface area contributed by atoms with Gasteiger partial charge in [-0.1, -0.05) is 6.58 Å². The lowest BCUT2D eigenvalue weighted by molar-refractivity contribution is -0.136. The molecule has 0 radical (unpaired) electrons. The highest BCUT2D eigenvalue weighted by atomic mass is 16.5. The van der Waals surface area contributed by atoms with Crippen LogP contribution in [0.3, 0.4) is 0 Å². The van der Waals surface area contributed by atoms with Crippen molar-refractivity contribution in [1.29, 1.82) is 0 Å². The van der Waals surface area contributed by atoms with Crippen LogP contribution in [0.4, 0.5) is 0 Å². The molecule has 8 heavy (non-hydrogen) atoms. The summed E-state index contributed by atoms with van der Waals surface area (Å²) < 4.78 is 4.30. The first-order valence-corrected chi connectivity index (χ1v) is 2.17. The van der Waals surface area contributed by atoms with E-state index in [1.165, 1.54) is 7.11 Å². The molecule has 3 nitrogen and oxygen atoms in total. The van der Waals surface area contributed by atoms with Crippen molar-refractivity contribution in [2.45, 2.75) is 0 Å². The molecule has 0 saturated carbocycles. The van der Waals surface area contributed by atoms with Crippen molar-refractivity contribution < 1.29 is 9.53 Å². The Hall–Kier alpha value is -0.925.